The number of phenolic OH excluding ortho intramolecular Hbond substituents is 1. The molecule has 9 heteroatoms. The van der Waals surface area contributed by atoms with Gasteiger partial charge in [-0.2, -0.15) is 0 Å². The maximum absolute atomic E-state index is 11.8. The Bertz CT molecular complexity index is 1780. The number of aromatic hydroxyl groups is 1. The van der Waals surface area contributed by atoms with Crippen molar-refractivity contribution in [3.05, 3.63) is 70.8 Å². The lowest BCUT2D eigenvalue weighted by atomic mass is 9.55. The molecule has 0 spiro atoms. The molecule has 3 aliphatic carbocycles. The van der Waals surface area contributed by atoms with Crippen LogP contribution in [0.5, 0.6) is 34.5 Å². The number of esters is 1. The van der Waals surface area contributed by atoms with Gasteiger partial charge in [0.05, 0.1) is 21.3 Å². The molecule has 2 heterocycles. The summed E-state index contributed by atoms with van der Waals surface area (Å²) in [6.07, 6.45) is 9.28. The molecule has 5 aliphatic rings. The number of methoxy groups -OCH3 is 3. The summed E-state index contributed by atoms with van der Waals surface area (Å²) in [6.45, 7) is 4.21. The minimum Gasteiger partial charge on any atom is -0.508 e. The van der Waals surface area contributed by atoms with Crippen molar-refractivity contribution in [2.24, 2.45) is 17.3 Å². The lowest BCUT2D eigenvalue weighted by Crippen LogP contribution is -2.47. The monoisotopic (exact) mass is 670 g/mol. The Kier molecular flexibility index (Phi) is 8.67. The normalized spacial score (nSPS) is 28.5. The molecule has 9 nitrogen and oxygen atoms in total. The Morgan fingerprint density at radius 3 is 2.49 bits per heavy atom. The van der Waals surface area contributed by atoms with E-state index < -0.39 is 5.79 Å². The predicted octanol–water partition coefficient (Wildman–Crippen LogP) is 7.30. The summed E-state index contributed by atoms with van der Waals surface area (Å²) >= 11 is 0. The molecule has 2 N–H and O–H groups in total. The minimum absolute atomic E-state index is 0.0298. The van der Waals surface area contributed by atoms with Crippen LogP contribution in [0.1, 0.15) is 80.5 Å². The van der Waals surface area contributed by atoms with Gasteiger partial charge < -0.3 is 38.6 Å². The van der Waals surface area contributed by atoms with Gasteiger partial charge in [0.2, 0.25) is 0 Å². The fraction of sp³-hybridized carbons (Fsp3) is 0.475. The van der Waals surface area contributed by atoms with Crippen LogP contribution in [0, 0.1) is 17.3 Å². The van der Waals surface area contributed by atoms with Crippen molar-refractivity contribution < 1.29 is 43.4 Å². The molecule has 3 aromatic carbocycles. The molecule has 6 unspecified atom stereocenters. The first-order valence-corrected chi connectivity index (χ1v) is 17.3. The first-order chi connectivity index (χ1) is 23.6. The van der Waals surface area contributed by atoms with Crippen LogP contribution in [0.15, 0.2) is 48.5 Å². The highest BCUT2D eigenvalue weighted by Gasteiger charge is 2.56. The summed E-state index contributed by atoms with van der Waals surface area (Å²) in [6, 6.07) is 14.9. The molecule has 0 saturated heterocycles. The topological polar surface area (TPSA) is 113 Å². The van der Waals surface area contributed by atoms with Gasteiger partial charge in [-0.25, -0.2) is 0 Å². The lowest BCUT2D eigenvalue weighted by Gasteiger charge is -2.50. The second-order valence-electron chi connectivity index (χ2n) is 14.1. The van der Waals surface area contributed by atoms with Crippen LogP contribution in [0.4, 0.5) is 0 Å². The number of hydrogen-bond acceptors (Lipinski definition) is 9. The summed E-state index contributed by atoms with van der Waals surface area (Å²) < 4.78 is 33.3. The van der Waals surface area contributed by atoms with Crippen molar-refractivity contribution in [3.63, 3.8) is 0 Å². The van der Waals surface area contributed by atoms with E-state index in [2.05, 4.69) is 13.0 Å². The molecule has 2 saturated carbocycles. The average molecular weight is 671 g/mol. The standard InChI is InChI=1S/C21H28O3.C19H18O6/c1-3-20(23)24-19-9-8-18-17-6-4-13-12-14(22)5-7-15(13)16(17)10-11-21(18,19)2;1-21-12-5-4-11-6-14-13-8-17(22-2)18(23-3)9-16(13)24-10-19(14,20)25-15(11)7-12/h5,7,12,16-19,22H,3-4,6,8-11H2,1-2H3;4-9,20H,10H2,1-3H3. The molecule has 0 amide bonds. The molecule has 6 atom stereocenters. The summed E-state index contributed by atoms with van der Waals surface area (Å²) in [4.78, 5) is 11.8. The largest absolute Gasteiger partial charge is 0.508 e. The van der Waals surface area contributed by atoms with E-state index in [1.54, 1.807) is 39.5 Å². The number of carbonyl (C=O) groups excluding carboxylic acids is 1. The van der Waals surface area contributed by atoms with E-state index in [0.717, 1.165) is 24.8 Å². The number of aliphatic hydroxyl groups is 1. The predicted molar refractivity (Wildman–Crippen MR) is 184 cm³/mol. The number of aryl methyl sites for hydroxylation is 1. The molecular formula is C40H46O9. The van der Waals surface area contributed by atoms with Gasteiger partial charge in [0.25, 0.3) is 5.79 Å². The van der Waals surface area contributed by atoms with E-state index in [9.17, 15) is 15.0 Å². The number of phenols is 1. The highest BCUT2D eigenvalue weighted by Crippen LogP contribution is 2.61. The van der Waals surface area contributed by atoms with Crippen LogP contribution in [-0.2, 0) is 16.0 Å². The van der Waals surface area contributed by atoms with Crippen molar-refractivity contribution in [2.45, 2.75) is 76.6 Å². The number of carbonyl (C=O) groups is 1. The summed E-state index contributed by atoms with van der Waals surface area (Å²) in [5.74, 6) is 3.66. The molecule has 49 heavy (non-hydrogen) atoms. The van der Waals surface area contributed by atoms with Gasteiger partial charge in [0.15, 0.2) is 18.1 Å². The van der Waals surface area contributed by atoms with Gasteiger partial charge in [-0.05, 0) is 104 Å². The second-order valence-corrected chi connectivity index (χ2v) is 14.1. The Morgan fingerprint density at radius 2 is 1.73 bits per heavy atom. The zero-order valence-electron chi connectivity index (χ0n) is 28.9. The molecule has 2 fully saturated rings. The first-order valence-electron chi connectivity index (χ1n) is 17.3. The lowest BCUT2D eigenvalue weighted by molar-refractivity contribution is -0.157. The third-order valence-electron chi connectivity index (χ3n) is 11.6. The van der Waals surface area contributed by atoms with Gasteiger partial charge in [-0.1, -0.05) is 19.9 Å². The molecule has 3 aromatic rings. The van der Waals surface area contributed by atoms with Crippen LogP contribution < -0.4 is 23.7 Å². The average Bonchev–Trinajstić information content (AvgIpc) is 3.45. The molecule has 260 valence electrons. The van der Waals surface area contributed by atoms with Crippen LogP contribution in [0.25, 0.3) is 11.6 Å². The van der Waals surface area contributed by atoms with Crippen molar-refractivity contribution in [2.75, 3.05) is 27.9 Å². The molecule has 8 rings (SSSR count). The maximum Gasteiger partial charge on any atom is 0.305 e. The highest BCUT2D eigenvalue weighted by atomic mass is 16.7. The second kappa shape index (κ2) is 12.8. The number of fused-ring (bicyclic) bond motifs is 9. The van der Waals surface area contributed by atoms with Crippen molar-refractivity contribution >= 4 is 17.6 Å². The van der Waals surface area contributed by atoms with E-state index in [0.29, 0.717) is 69.8 Å². The fourth-order valence-electron chi connectivity index (χ4n) is 9.07. The SMILES string of the molecule is CCC(=O)OC1CCC2C3CCc4cc(O)ccc4C3CCC12C.COc1ccc2c(c1)OC1(O)COc3cc(OC)c(OC)cc3C1=C2. The van der Waals surface area contributed by atoms with Crippen molar-refractivity contribution in [3.8, 4) is 34.5 Å². The Hall–Kier alpha value is -4.37. The Balaban J connectivity index is 0.000000154. The van der Waals surface area contributed by atoms with Crippen LogP contribution >= 0.6 is 0 Å². The summed E-state index contributed by atoms with van der Waals surface area (Å²) in [7, 11) is 4.71. The smallest absolute Gasteiger partial charge is 0.305 e. The van der Waals surface area contributed by atoms with Gasteiger partial charge in [-0.15, -0.1) is 0 Å². The zero-order chi connectivity index (χ0) is 34.5. The third kappa shape index (κ3) is 5.75. The van der Waals surface area contributed by atoms with E-state index in [1.165, 1.54) is 30.4 Å². The van der Waals surface area contributed by atoms with E-state index in [1.807, 2.05) is 37.3 Å². The number of rotatable bonds is 5. The zero-order valence-corrected chi connectivity index (χ0v) is 28.9. The molecule has 0 aromatic heterocycles. The number of ether oxygens (including phenoxy) is 6. The first kappa shape index (κ1) is 33.1. The van der Waals surface area contributed by atoms with E-state index in [-0.39, 0.29) is 24.1 Å². The molecular weight excluding hydrogens is 624 g/mol. The fourth-order valence-corrected chi connectivity index (χ4v) is 9.07. The number of benzene rings is 3. The summed E-state index contributed by atoms with van der Waals surface area (Å²) in [5, 5.41) is 20.8. The van der Waals surface area contributed by atoms with Gasteiger partial charge in [0, 0.05) is 40.7 Å². The van der Waals surface area contributed by atoms with Gasteiger partial charge in [-0.3, -0.25) is 4.79 Å². The van der Waals surface area contributed by atoms with Crippen molar-refractivity contribution in [1.29, 1.82) is 0 Å². The van der Waals surface area contributed by atoms with Gasteiger partial charge in [0.1, 0.15) is 29.1 Å². The molecule has 2 aliphatic heterocycles. The molecule has 0 bridgehead atoms. The highest BCUT2D eigenvalue weighted by molar-refractivity contribution is 5.92. The van der Waals surface area contributed by atoms with E-state index in [4.69, 9.17) is 28.4 Å². The van der Waals surface area contributed by atoms with Crippen LogP contribution in [0.2, 0.25) is 0 Å². The summed E-state index contributed by atoms with van der Waals surface area (Å²) in [5.41, 5.74) is 5.12. The Morgan fingerprint density at radius 1 is 0.939 bits per heavy atom. The Labute approximate surface area is 287 Å². The van der Waals surface area contributed by atoms with Crippen LogP contribution in [0.3, 0.4) is 0 Å². The number of hydrogen-bond donors (Lipinski definition) is 2. The minimum atomic E-state index is -1.58. The van der Waals surface area contributed by atoms with Gasteiger partial charge >= 0.3 is 5.97 Å². The van der Waals surface area contributed by atoms with Crippen LogP contribution in [-0.4, -0.2) is 56.0 Å². The quantitative estimate of drug-likeness (QED) is 0.270. The maximum atomic E-state index is 11.8. The van der Waals surface area contributed by atoms with E-state index >= 15 is 0 Å². The van der Waals surface area contributed by atoms with Crippen molar-refractivity contribution in [1.82, 2.24) is 0 Å². The molecule has 0 radical (unpaired) electrons. The third-order valence-corrected chi connectivity index (χ3v) is 11.6.